The lowest BCUT2D eigenvalue weighted by atomic mass is 9.80. The number of primary amides is 1. The number of nitrogens with two attached hydrogens (primary N) is 1. The van der Waals surface area contributed by atoms with Gasteiger partial charge in [0.05, 0.1) is 22.1 Å². The smallest absolute Gasteiger partial charge is 0.315 e. The number of carbonyl (C=O) groups is 5. The molecule has 1 aliphatic heterocycles. The van der Waals surface area contributed by atoms with E-state index in [1.807, 2.05) is 0 Å². The van der Waals surface area contributed by atoms with Crippen LogP contribution in [0.1, 0.15) is 136 Å². The third-order valence-corrected chi connectivity index (χ3v) is 16.6. The van der Waals surface area contributed by atoms with Crippen molar-refractivity contribution in [2.75, 3.05) is 12.3 Å². The van der Waals surface area contributed by atoms with Crippen LogP contribution in [-0.2, 0) is 29.0 Å². The molecule has 0 aromatic rings. The Hall–Kier alpha value is -2.70. The summed E-state index contributed by atoms with van der Waals surface area (Å²) in [6, 6.07) is -3.27. The number of Topliss-reactive ketones (excluding diaryl/α,β-unsaturated/α-hetero) is 1. The minimum atomic E-state index is -3.55. The summed E-state index contributed by atoms with van der Waals surface area (Å²) in [5.41, 5.74) is 4.62. The highest BCUT2D eigenvalue weighted by Gasteiger charge is 2.64. The molecule has 1 heterocycles. The van der Waals surface area contributed by atoms with Crippen LogP contribution in [0.4, 0.5) is 4.79 Å². The molecular formula is C38H61N5O7S. The maximum absolute atomic E-state index is 14.9. The van der Waals surface area contributed by atoms with Gasteiger partial charge in [0.1, 0.15) is 12.1 Å². The van der Waals surface area contributed by atoms with Crippen molar-refractivity contribution in [2.24, 2.45) is 34.8 Å². The summed E-state index contributed by atoms with van der Waals surface area (Å²) in [5.74, 6) is -2.57. The van der Waals surface area contributed by atoms with Gasteiger partial charge in [-0.1, -0.05) is 57.8 Å². The van der Waals surface area contributed by atoms with E-state index < -0.39 is 61.9 Å². The zero-order chi connectivity index (χ0) is 36.8. The lowest BCUT2D eigenvalue weighted by Gasteiger charge is -2.41. The number of urea groups is 1. The third-order valence-electron chi connectivity index (χ3n) is 13.8. The molecule has 51 heavy (non-hydrogen) atoms. The van der Waals surface area contributed by atoms with Crippen LogP contribution in [0.5, 0.6) is 0 Å². The molecule has 5 atom stereocenters. The summed E-state index contributed by atoms with van der Waals surface area (Å²) >= 11 is 0. The quantitative estimate of drug-likeness (QED) is 0.219. The maximum atomic E-state index is 14.9. The van der Waals surface area contributed by atoms with Crippen LogP contribution in [0, 0.1) is 29.1 Å². The Bertz CT molecular complexity index is 1470. The van der Waals surface area contributed by atoms with E-state index in [0.29, 0.717) is 25.8 Å². The van der Waals surface area contributed by atoms with Crippen molar-refractivity contribution in [1.29, 1.82) is 0 Å². The van der Waals surface area contributed by atoms with Gasteiger partial charge >= 0.3 is 6.03 Å². The topological polar surface area (TPSA) is 185 Å². The van der Waals surface area contributed by atoms with E-state index in [2.05, 4.69) is 16.0 Å². The lowest BCUT2D eigenvalue weighted by Crippen LogP contribution is -2.63. The molecule has 286 valence electrons. The van der Waals surface area contributed by atoms with Crippen molar-refractivity contribution in [3.63, 3.8) is 0 Å². The molecule has 6 rings (SSSR count). The highest BCUT2D eigenvalue weighted by molar-refractivity contribution is 7.92. The van der Waals surface area contributed by atoms with E-state index in [9.17, 15) is 32.4 Å². The molecule has 6 aliphatic rings. The minimum absolute atomic E-state index is 0.0709. The van der Waals surface area contributed by atoms with E-state index in [1.165, 1.54) is 0 Å². The Balaban J connectivity index is 1.25. The van der Waals surface area contributed by atoms with Crippen LogP contribution < -0.4 is 21.7 Å². The van der Waals surface area contributed by atoms with E-state index in [4.69, 9.17) is 5.73 Å². The molecule has 1 saturated heterocycles. The third kappa shape index (κ3) is 7.98. The predicted octanol–water partition coefficient (Wildman–Crippen LogP) is 3.90. The molecule has 6 fully saturated rings. The second-order valence-corrected chi connectivity index (χ2v) is 20.9. The molecule has 1 spiro atoms. The number of hydrogen-bond donors (Lipinski definition) is 4. The summed E-state index contributed by atoms with van der Waals surface area (Å²) < 4.78 is 25.9. The SMILES string of the molecule is CC(C)(C)S(=O)(=O)CC1(NC(=O)N[C@H](C(=O)N2C[C@H]3[C@H](CCC34CC4)[C@H]2C(=O)NC(CC2CCC2)C(=O)C(N)=O)C2CCCCC2)CCCCC1. The monoisotopic (exact) mass is 731 g/mol. The van der Waals surface area contributed by atoms with Gasteiger partial charge in [-0.2, -0.15) is 0 Å². The number of hydrogen-bond acceptors (Lipinski definition) is 7. The Morgan fingerprint density at radius 3 is 2.04 bits per heavy atom. The van der Waals surface area contributed by atoms with Gasteiger partial charge in [-0.3, -0.25) is 19.2 Å². The summed E-state index contributed by atoms with van der Waals surface area (Å²) in [7, 11) is -3.55. The van der Waals surface area contributed by atoms with Gasteiger partial charge in [-0.25, -0.2) is 13.2 Å². The molecule has 5 N–H and O–H groups in total. The first-order valence-corrected chi connectivity index (χ1v) is 21.5. The second kappa shape index (κ2) is 14.6. The Kier molecular flexibility index (Phi) is 10.9. The second-order valence-electron chi connectivity index (χ2n) is 18.1. The standard InChI is InChI=1S/C38H61N5O7S/c1-36(2,3)51(49,50)23-38(16-8-5-9-17-38)42-35(48)41-29(25-13-6-4-7-14-25)34(47)43-22-27-26(15-18-37(27)19-20-37)30(43)33(46)40-28(31(44)32(39)45)21-24-11-10-12-24/h24-30H,4-23H2,1-3H3,(H2,39,45)(H,40,46)(H2,41,42,48)/t26-,27-,28?,29-,30-/m0/s1. The van der Waals surface area contributed by atoms with E-state index >= 15 is 0 Å². The van der Waals surface area contributed by atoms with E-state index in [1.54, 1.807) is 25.7 Å². The lowest BCUT2D eigenvalue weighted by molar-refractivity contribution is -0.144. The number of ketones is 1. The molecule has 13 heteroatoms. The first-order chi connectivity index (χ1) is 24.0. The number of nitrogens with one attached hydrogen (secondary N) is 3. The van der Waals surface area contributed by atoms with Gasteiger partial charge in [0.15, 0.2) is 9.84 Å². The number of nitrogens with zero attached hydrogens (tertiary/aromatic N) is 1. The van der Waals surface area contributed by atoms with Gasteiger partial charge in [-0.05, 0) is 108 Å². The fourth-order valence-electron chi connectivity index (χ4n) is 10.2. The van der Waals surface area contributed by atoms with Gasteiger partial charge in [-0.15, -0.1) is 0 Å². The van der Waals surface area contributed by atoms with Crippen molar-refractivity contribution in [1.82, 2.24) is 20.9 Å². The van der Waals surface area contributed by atoms with E-state index in [0.717, 1.165) is 96.3 Å². The molecule has 12 nitrogen and oxygen atoms in total. The molecule has 5 aliphatic carbocycles. The molecule has 0 aromatic carbocycles. The molecule has 5 saturated carbocycles. The number of fused-ring (bicyclic) bond motifs is 2. The number of likely N-dealkylation sites (tertiary alicyclic amines) is 1. The first-order valence-electron chi connectivity index (χ1n) is 19.8. The molecule has 0 bridgehead atoms. The van der Waals surface area contributed by atoms with Gasteiger partial charge in [0.25, 0.3) is 5.91 Å². The minimum Gasteiger partial charge on any atom is -0.363 e. The Labute approximate surface area is 303 Å². The van der Waals surface area contributed by atoms with Crippen molar-refractivity contribution >= 4 is 39.4 Å². The summed E-state index contributed by atoms with van der Waals surface area (Å²) in [5, 5.41) is 9.04. The predicted molar refractivity (Wildman–Crippen MR) is 193 cm³/mol. The van der Waals surface area contributed by atoms with Gasteiger partial charge in [0, 0.05) is 6.54 Å². The van der Waals surface area contributed by atoms with E-state index in [-0.39, 0.29) is 40.7 Å². The number of amides is 5. The summed E-state index contributed by atoms with van der Waals surface area (Å²) in [4.78, 5) is 69.9. The zero-order valence-electron chi connectivity index (χ0n) is 31.0. The van der Waals surface area contributed by atoms with Crippen molar-refractivity contribution in [2.45, 2.75) is 165 Å². The average molecular weight is 732 g/mol. The van der Waals surface area contributed by atoms with Gasteiger partial charge < -0.3 is 26.6 Å². The number of carbonyl (C=O) groups excluding carboxylic acids is 5. The molecular weight excluding hydrogens is 671 g/mol. The Morgan fingerprint density at radius 2 is 1.47 bits per heavy atom. The molecule has 1 unspecified atom stereocenters. The molecule has 0 radical (unpaired) electrons. The van der Waals surface area contributed by atoms with Crippen molar-refractivity contribution < 1.29 is 32.4 Å². The van der Waals surface area contributed by atoms with Crippen molar-refractivity contribution in [3.8, 4) is 0 Å². The summed E-state index contributed by atoms with van der Waals surface area (Å²) in [6.45, 7) is 5.46. The number of sulfone groups is 1. The largest absolute Gasteiger partial charge is 0.363 e. The summed E-state index contributed by atoms with van der Waals surface area (Å²) in [6.07, 6.45) is 15.3. The average Bonchev–Trinajstić information content (AvgIpc) is 3.62. The molecule has 0 aromatic heterocycles. The Morgan fingerprint density at radius 1 is 0.824 bits per heavy atom. The molecule has 5 amide bonds. The normalized spacial score (nSPS) is 28.6. The van der Waals surface area contributed by atoms with Crippen molar-refractivity contribution in [3.05, 3.63) is 0 Å². The van der Waals surface area contributed by atoms with Crippen LogP contribution >= 0.6 is 0 Å². The van der Waals surface area contributed by atoms with Crippen LogP contribution in [0.15, 0.2) is 0 Å². The van der Waals surface area contributed by atoms with Crippen LogP contribution in [-0.4, -0.2) is 83.6 Å². The van der Waals surface area contributed by atoms with Crippen LogP contribution in [0.3, 0.4) is 0 Å². The zero-order valence-corrected chi connectivity index (χ0v) is 31.8. The fourth-order valence-corrected chi connectivity index (χ4v) is 11.7. The maximum Gasteiger partial charge on any atom is 0.315 e. The van der Waals surface area contributed by atoms with Crippen LogP contribution in [0.2, 0.25) is 0 Å². The highest BCUT2D eigenvalue weighted by Crippen LogP contribution is 2.66. The fraction of sp³-hybridized carbons (Fsp3) is 0.868. The number of rotatable bonds is 12. The highest BCUT2D eigenvalue weighted by atomic mass is 32.2. The first kappa shape index (κ1) is 38.0. The van der Waals surface area contributed by atoms with Crippen LogP contribution in [0.25, 0.3) is 0 Å². The van der Waals surface area contributed by atoms with Gasteiger partial charge in [0.2, 0.25) is 17.6 Å².